The highest BCUT2D eigenvalue weighted by molar-refractivity contribution is 5.89. The number of ether oxygens (including phenoxy) is 2. The van der Waals surface area contributed by atoms with E-state index in [-0.39, 0.29) is 29.9 Å². The lowest BCUT2D eigenvalue weighted by Crippen LogP contribution is -2.56. The molecule has 3 aromatic heterocycles. The summed E-state index contributed by atoms with van der Waals surface area (Å²) >= 11 is 0. The van der Waals surface area contributed by atoms with Crippen LogP contribution >= 0.6 is 0 Å². The highest BCUT2D eigenvalue weighted by Crippen LogP contribution is 2.42. The van der Waals surface area contributed by atoms with Crippen molar-refractivity contribution in [1.82, 2.24) is 39.6 Å². The Labute approximate surface area is 333 Å². The molecule has 0 aliphatic carbocycles. The van der Waals surface area contributed by atoms with Crippen molar-refractivity contribution in [2.45, 2.75) is 118 Å². The molecule has 2 atom stereocenters. The van der Waals surface area contributed by atoms with Crippen LogP contribution in [0.1, 0.15) is 105 Å². The van der Waals surface area contributed by atoms with E-state index in [1.165, 1.54) is 25.7 Å². The maximum Gasteiger partial charge on any atom is 0.246 e. The molecule has 2 unspecified atom stereocenters. The van der Waals surface area contributed by atoms with Crippen LogP contribution in [-0.2, 0) is 19.1 Å². The lowest BCUT2D eigenvalue weighted by Gasteiger charge is -2.47. The van der Waals surface area contributed by atoms with Gasteiger partial charge in [0.1, 0.15) is 35.6 Å². The second-order valence-electron chi connectivity index (χ2n) is 17.6. The molecule has 2 amide bonds. The summed E-state index contributed by atoms with van der Waals surface area (Å²) in [6, 6.07) is 3.91. The zero-order valence-corrected chi connectivity index (χ0v) is 35.0. The van der Waals surface area contributed by atoms with Gasteiger partial charge in [0.05, 0.1) is 11.7 Å². The van der Waals surface area contributed by atoms with E-state index in [1.54, 1.807) is 0 Å². The second kappa shape index (κ2) is 18.6. The lowest BCUT2D eigenvalue weighted by atomic mass is 9.71. The van der Waals surface area contributed by atoms with Gasteiger partial charge in [0.15, 0.2) is 0 Å². The molecule has 3 saturated heterocycles. The lowest BCUT2D eigenvalue weighted by molar-refractivity contribution is -0.141. The summed E-state index contributed by atoms with van der Waals surface area (Å²) in [7, 11) is 0. The third-order valence-corrected chi connectivity index (χ3v) is 12.0. The minimum atomic E-state index is -0.564. The van der Waals surface area contributed by atoms with Crippen LogP contribution in [0.4, 0.5) is 17.6 Å². The van der Waals surface area contributed by atoms with Gasteiger partial charge in [-0.1, -0.05) is 20.8 Å². The number of rotatable bonds is 16. The first kappa shape index (κ1) is 41.7. The molecule has 6 rings (SSSR count). The molecular formula is C42H66N10O4. The largest absolute Gasteiger partial charge is 0.381 e. The maximum atomic E-state index is 13.2. The van der Waals surface area contributed by atoms with Gasteiger partial charge in [-0.3, -0.25) is 9.59 Å². The van der Waals surface area contributed by atoms with Crippen LogP contribution in [0.25, 0.3) is 11.0 Å². The van der Waals surface area contributed by atoms with Crippen LogP contribution in [0.3, 0.4) is 0 Å². The molecule has 14 heteroatoms. The Morgan fingerprint density at radius 2 is 1.66 bits per heavy atom. The Morgan fingerprint density at radius 3 is 2.36 bits per heavy atom. The van der Waals surface area contributed by atoms with E-state index >= 15 is 0 Å². The number of piperidine rings is 2. The van der Waals surface area contributed by atoms with Gasteiger partial charge >= 0.3 is 0 Å². The van der Waals surface area contributed by atoms with Crippen molar-refractivity contribution in [2.24, 2.45) is 10.8 Å². The van der Waals surface area contributed by atoms with Crippen LogP contribution in [0, 0.1) is 17.8 Å². The zero-order chi connectivity index (χ0) is 39.9. The summed E-state index contributed by atoms with van der Waals surface area (Å²) in [6.07, 6.45) is 12.2. The summed E-state index contributed by atoms with van der Waals surface area (Å²) in [5.74, 6) is 3.00. The van der Waals surface area contributed by atoms with Crippen molar-refractivity contribution in [3.8, 4) is 0 Å². The number of nitrogens with zero attached hydrogens (tertiary/aromatic N) is 8. The normalized spacial score (nSPS) is 19.6. The molecule has 56 heavy (non-hydrogen) atoms. The molecule has 0 aromatic carbocycles. The summed E-state index contributed by atoms with van der Waals surface area (Å²) in [5, 5.41) is 6.34. The molecule has 1 spiro atoms. The number of amides is 2. The Kier molecular flexibility index (Phi) is 13.9. The zero-order valence-electron chi connectivity index (χ0n) is 35.0. The highest BCUT2D eigenvalue weighted by Gasteiger charge is 2.39. The molecule has 0 bridgehead atoms. The summed E-state index contributed by atoms with van der Waals surface area (Å²) < 4.78 is 13.7. The molecule has 3 aliphatic rings. The van der Waals surface area contributed by atoms with Gasteiger partial charge in [-0.05, 0) is 109 Å². The third kappa shape index (κ3) is 10.5. The van der Waals surface area contributed by atoms with Crippen molar-refractivity contribution in [3.63, 3.8) is 0 Å². The van der Waals surface area contributed by atoms with Crippen LogP contribution in [0.2, 0.25) is 0 Å². The quantitative estimate of drug-likeness (QED) is 0.168. The van der Waals surface area contributed by atoms with E-state index in [9.17, 15) is 9.59 Å². The molecule has 308 valence electrons. The minimum absolute atomic E-state index is 0.00558. The van der Waals surface area contributed by atoms with Gasteiger partial charge in [0.2, 0.25) is 17.8 Å². The van der Waals surface area contributed by atoms with Crippen LogP contribution in [0.15, 0.2) is 24.5 Å². The number of imidazole rings is 1. The van der Waals surface area contributed by atoms with Gasteiger partial charge in [-0.2, -0.15) is 4.98 Å². The van der Waals surface area contributed by atoms with Crippen molar-refractivity contribution in [2.75, 3.05) is 75.9 Å². The first-order valence-electron chi connectivity index (χ1n) is 21.0. The van der Waals surface area contributed by atoms with Crippen LogP contribution in [0.5, 0.6) is 0 Å². The van der Waals surface area contributed by atoms with E-state index < -0.39 is 6.04 Å². The monoisotopic (exact) mass is 775 g/mol. The number of pyridine rings is 1. The van der Waals surface area contributed by atoms with Crippen molar-refractivity contribution >= 4 is 40.4 Å². The fraction of sp³-hybridized carbons (Fsp3) is 0.714. The Hall–Kier alpha value is -3.88. The Balaban J connectivity index is 0.830. The number of hydrogen-bond donors (Lipinski definition) is 2. The highest BCUT2D eigenvalue weighted by atomic mass is 16.5. The number of carbonyl (C=O) groups excluding carboxylic acids is 2. The summed E-state index contributed by atoms with van der Waals surface area (Å²) in [4.78, 5) is 51.5. The SMILES string of the molecule is Cc1nc2cnc(Nc3ccnc(N4CCC5(CCN(CCCOCCCOCC(=O)NC(C(=O)N6CCCC6C)C(C)(C)C)CC5)CC4)n3)cc2n1C(C)C. The van der Waals surface area contributed by atoms with Crippen molar-refractivity contribution in [1.29, 1.82) is 0 Å². The summed E-state index contributed by atoms with van der Waals surface area (Å²) in [5.41, 5.74) is 1.99. The number of aryl methyl sites for hydroxylation is 1. The number of fused-ring (bicyclic) bond motifs is 1. The molecule has 2 N–H and O–H groups in total. The van der Waals surface area contributed by atoms with Gasteiger partial charge in [0.25, 0.3) is 0 Å². The van der Waals surface area contributed by atoms with Crippen molar-refractivity contribution in [3.05, 3.63) is 30.4 Å². The predicted molar refractivity (Wildman–Crippen MR) is 220 cm³/mol. The molecule has 0 saturated carbocycles. The van der Waals surface area contributed by atoms with Crippen molar-refractivity contribution < 1.29 is 19.1 Å². The Morgan fingerprint density at radius 1 is 0.946 bits per heavy atom. The smallest absolute Gasteiger partial charge is 0.246 e. The molecule has 0 radical (unpaired) electrons. The predicted octanol–water partition coefficient (Wildman–Crippen LogP) is 5.89. The number of anilines is 3. The minimum Gasteiger partial charge on any atom is -0.381 e. The van der Waals surface area contributed by atoms with E-state index in [0.717, 1.165) is 106 Å². The topological polar surface area (TPSA) is 143 Å². The molecule has 3 aromatic rings. The number of aromatic nitrogens is 5. The average molecular weight is 775 g/mol. The van der Waals surface area contributed by atoms with Crippen LogP contribution < -0.4 is 15.5 Å². The maximum absolute atomic E-state index is 13.2. The van der Waals surface area contributed by atoms with E-state index in [4.69, 9.17) is 14.5 Å². The fourth-order valence-corrected chi connectivity index (χ4v) is 8.67. The molecule has 14 nitrogen and oxygen atoms in total. The van der Waals surface area contributed by atoms with E-state index in [1.807, 2.05) is 51.1 Å². The van der Waals surface area contributed by atoms with Crippen LogP contribution in [-0.4, -0.2) is 124 Å². The van der Waals surface area contributed by atoms with Gasteiger partial charge in [0, 0.05) is 70.3 Å². The molecular weight excluding hydrogens is 709 g/mol. The standard InChI is InChI=1S/C42H66N10O4/c1-30(2)52-32(4)45-33-28-44-36(27-34(33)52)46-35-12-17-43-40(47-35)50-22-15-42(16-23-50)13-20-49(21-14-42)18-9-24-55-25-10-26-56-29-37(53)48-38(41(5,6)7)39(54)51-19-8-11-31(51)3/h12,17,27-28,30-31,38H,8-11,13-16,18-26,29H2,1-7H3,(H,48,53)(H,43,44,46,47). The first-order valence-corrected chi connectivity index (χ1v) is 21.0. The fourth-order valence-electron chi connectivity index (χ4n) is 8.67. The molecule has 3 fully saturated rings. The second-order valence-corrected chi connectivity index (χ2v) is 17.6. The Bertz CT molecular complexity index is 1760. The van der Waals surface area contributed by atoms with E-state index in [2.05, 4.69) is 66.8 Å². The molecule has 6 heterocycles. The number of nitrogens with one attached hydrogen (secondary N) is 2. The average Bonchev–Trinajstić information content (AvgIpc) is 3.75. The summed E-state index contributed by atoms with van der Waals surface area (Å²) in [6.45, 7) is 22.2. The number of hydrogen-bond acceptors (Lipinski definition) is 11. The van der Waals surface area contributed by atoms with E-state index in [0.29, 0.717) is 24.7 Å². The molecule has 3 aliphatic heterocycles. The first-order chi connectivity index (χ1) is 26.8. The van der Waals surface area contributed by atoms with Gasteiger partial charge in [-0.15, -0.1) is 0 Å². The third-order valence-electron chi connectivity index (χ3n) is 12.0. The number of carbonyl (C=O) groups is 2. The van der Waals surface area contributed by atoms with Gasteiger partial charge in [-0.25, -0.2) is 15.0 Å². The van der Waals surface area contributed by atoms with Gasteiger partial charge < -0.3 is 39.4 Å². The number of likely N-dealkylation sites (tertiary alicyclic amines) is 2.